The highest BCUT2D eigenvalue weighted by atomic mass is 32.2. The molecule has 196 valence electrons. The zero-order valence-corrected chi connectivity index (χ0v) is 20.6. The van der Waals surface area contributed by atoms with Gasteiger partial charge in [-0.25, -0.2) is 17.6 Å². The van der Waals surface area contributed by atoms with Gasteiger partial charge < -0.3 is 24.8 Å². The largest absolute Gasteiger partial charge is 0.478 e. The van der Waals surface area contributed by atoms with Gasteiger partial charge in [0.2, 0.25) is 10.0 Å². The maximum absolute atomic E-state index is 13.9. The Morgan fingerprint density at radius 3 is 2.40 bits per heavy atom. The van der Waals surface area contributed by atoms with Crippen LogP contribution in [0.15, 0.2) is 29.8 Å². The lowest BCUT2D eigenvalue weighted by Gasteiger charge is -2.33. The van der Waals surface area contributed by atoms with Crippen LogP contribution in [-0.4, -0.2) is 66.2 Å². The Bertz CT molecular complexity index is 1020. The van der Waals surface area contributed by atoms with Gasteiger partial charge in [0, 0.05) is 6.42 Å². The number of halogens is 1. The molecule has 3 rings (SSSR count). The number of ether oxygens (including phenoxy) is 2. The van der Waals surface area contributed by atoms with Crippen LogP contribution in [-0.2, 0) is 30.7 Å². The molecule has 1 aliphatic heterocycles. The minimum Gasteiger partial charge on any atom is -0.478 e. The van der Waals surface area contributed by atoms with Gasteiger partial charge in [0.25, 0.3) is 0 Å². The van der Waals surface area contributed by atoms with Gasteiger partial charge in [0.05, 0.1) is 24.5 Å². The predicted octanol–water partition coefficient (Wildman–Crippen LogP) is 2.72. The van der Waals surface area contributed by atoms with Crippen molar-refractivity contribution in [2.24, 2.45) is 0 Å². The first-order chi connectivity index (χ1) is 16.6. The third kappa shape index (κ3) is 6.59. The molecule has 4 N–H and O–H groups in total. The van der Waals surface area contributed by atoms with Crippen LogP contribution in [0.4, 0.5) is 10.1 Å². The number of carbonyl (C=O) groups is 1. The van der Waals surface area contributed by atoms with Gasteiger partial charge in [0.1, 0.15) is 23.3 Å². The molecule has 1 aromatic rings. The number of aryl methyl sites for hydroxylation is 1. The van der Waals surface area contributed by atoms with Crippen molar-refractivity contribution in [2.45, 2.75) is 81.5 Å². The molecule has 1 spiro atoms. The molecular weight excluding hydrogens is 481 g/mol. The predicted molar refractivity (Wildman–Crippen MR) is 127 cm³/mol. The zero-order valence-electron chi connectivity index (χ0n) is 19.8. The SMILES string of the molecule is CCCCCCCc1cc(F)ccc1NS(=O)(=O)C1CCC2(C=C1C(=O)O)O[C@H](CO)[C@@H](CO)O2. The number of hydrogen-bond acceptors (Lipinski definition) is 7. The fourth-order valence-electron chi connectivity index (χ4n) is 4.61. The van der Waals surface area contributed by atoms with Crippen LogP contribution in [0.5, 0.6) is 0 Å². The molecule has 1 unspecified atom stereocenters. The van der Waals surface area contributed by atoms with Crippen molar-refractivity contribution in [1.29, 1.82) is 0 Å². The van der Waals surface area contributed by atoms with Crippen molar-refractivity contribution in [2.75, 3.05) is 17.9 Å². The molecule has 0 saturated carbocycles. The Morgan fingerprint density at radius 1 is 1.14 bits per heavy atom. The molecule has 0 aromatic heterocycles. The van der Waals surface area contributed by atoms with E-state index < -0.39 is 63.8 Å². The van der Waals surface area contributed by atoms with Gasteiger partial charge in [-0.2, -0.15) is 0 Å². The third-order valence-electron chi connectivity index (χ3n) is 6.44. The van der Waals surface area contributed by atoms with E-state index in [4.69, 9.17) is 9.47 Å². The summed E-state index contributed by atoms with van der Waals surface area (Å²) >= 11 is 0. The number of rotatable bonds is 12. The number of carboxylic acid groups (broad SMARTS) is 1. The van der Waals surface area contributed by atoms with E-state index in [1.807, 2.05) is 0 Å². The van der Waals surface area contributed by atoms with E-state index in [2.05, 4.69) is 11.6 Å². The highest BCUT2D eigenvalue weighted by Crippen LogP contribution is 2.41. The summed E-state index contributed by atoms with van der Waals surface area (Å²) in [6.45, 7) is 1.21. The number of aliphatic carboxylic acids is 1. The van der Waals surface area contributed by atoms with Crippen molar-refractivity contribution in [3.05, 3.63) is 41.2 Å². The standard InChI is InChI=1S/C24H34FNO8S/c1-2-3-4-5-6-7-16-12-17(25)8-9-19(16)26-35(31,32)22-10-11-24(13-18(22)23(29)30)33-20(14-27)21(15-28)34-24/h8-9,12-13,20-22,26-28H,2-7,10-11,14-15H2,1H3,(H,29,30)/t20-,21-,22?/m1/s1. The number of aliphatic hydroxyl groups is 2. The first kappa shape index (κ1) is 27.5. The third-order valence-corrected chi connectivity index (χ3v) is 8.19. The Hall–Kier alpha value is -2.05. The summed E-state index contributed by atoms with van der Waals surface area (Å²) in [5.74, 6) is -3.47. The van der Waals surface area contributed by atoms with Crippen LogP contribution in [0.25, 0.3) is 0 Å². The van der Waals surface area contributed by atoms with E-state index in [1.54, 1.807) is 0 Å². The minimum absolute atomic E-state index is 0.00998. The Kier molecular flexibility index (Phi) is 9.28. The number of carboxylic acids is 1. The Labute approximate surface area is 205 Å². The smallest absolute Gasteiger partial charge is 0.332 e. The van der Waals surface area contributed by atoms with Gasteiger partial charge in [-0.05, 0) is 49.1 Å². The van der Waals surface area contributed by atoms with E-state index in [0.29, 0.717) is 12.0 Å². The van der Waals surface area contributed by atoms with Gasteiger partial charge in [-0.1, -0.05) is 32.6 Å². The van der Waals surface area contributed by atoms with Crippen molar-refractivity contribution in [1.82, 2.24) is 0 Å². The molecule has 1 aromatic carbocycles. The molecule has 1 saturated heterocycles. The number of anilines is 1. The summed E-state index contributed by atoms with van der Waals surface area (Å²) in [7, 11) is -4.22. The molecule has 1 fully saturated rings. The Morgan fingerprint density at radius 2 is 1.80 bits per heavy atom. The Balaban J connectivity index is 1.82. The van der Waals surface area contributed by atoms with Gasteiger partial charge in [-0.15, -0.1) is 0 Å². The molecule has 1 aliphatic carbocycles. The molecule has 1 heterocycles. The topological polar surface area (TPSA) is 142 Å². The number of sulfonamides is 1. The zero-order chi connectivity index (χ0) is 25.6. The number of aliphatic hydroxyl groups excluding tert-OH is 2. The molecule has 3 atom stereocenters. The van der Waals surface area contributed by atoms with Gasteiger partial charge in [-0.3, -0.25) is 4.72 Å². The first-order valence-electron chi connectivity index (χ1n) is 12.0. The average molecular weight is 516 g/mol. The van der Waals surface area contributed by atoms with Crippen molar-refractivity contribution in [3.63, 3.8) is 0 Å². The lowest BCUT2D eigenvalue weighted by atomic mass is 9.94. The maximum Gasteiger partial charge on any atom is 0.332 e. The number of unbranched alkanes of at least 4 members (excludes halogenated alkanes) is 4. The summed E-state index contributed by atoms with van der Waals surface area (Å²) in [6.07, 6.45) is 4.70. The summed E-state index contributed by atoms with van der Waals surface area (Å²) in [6, 6.07) is 3.81. The fraction of sp³-hybridized carbons (Fsp3) is 0.625. The molecule has 9 nitrogen and oxygen atoms in total. The fourth-order valence-corrected chi connectivity index (χ4v) is 6.19. The average Bonchev–Trinajstić information content (AvgIpc) is 3.17. The highest BCUT2D eigenvalue weighted by Gasteiger charge is 2.51. The molecule has 0 radical (unpaired) electrons. The summed E-state index contributed by atoms with van der Waals surface area (Å²) < 4.78 is 54.3. The lowest BCUT2D eigenvalue weighted by Crippen LogP contribution is -2.42. The van der Waals surface area contributed by atoms with E-state index >= 15 is 0 Å². The molecule has 0 bridgehead atoms. The van der Waals surface area contributed by atoms with E-state index in [1.165, 1.54) is 12.1 Å². The minimum atomic E-state index is -4.22. The first-order valence-corrected chi connectivity index (χ1v) is 13.5. The van der Waals surface area contributed by atoms with Crippen LogP contribution < -0.4 is 4.72 Å². The van der Waals surface area contributed by atoms with Crippen molar-refractivity contribution < 1.29 is 42.4 Å². The molecule has 0 amide bonds. The normalized spacial score (nSPS) is 23.9. The molecule has 2 aliphatic rings. The molecule has 11 heteroatoms. The lowest BCUT2D eigenvalue weighted by molar-refractivity contribution is -0.153. The number of benzene rings is 1. The monoisotopic (exact) mass is 515 g/mol. The van der Waals surface area contributed by atoms with Gasteiger partial charge in [0.15, 0.2) is 5.79 Å². The maximum atomic E-state index is 13.9. The molecular formula is C24H34FNO8S. The summed E-state index contributed by atoms with van der Waals surface area (Å²) in [4.78, 5) is 12.0. The number of nitrogens with one attached hydrogen (secondary N) is 1. The van der Waals surface area contributed by atoms with E-state index in [9.17, 15) is 32.9 Å². The van der Waals surface area contributed by atoms with Crippen LogP contribution in [0, 0.1) is 5.82 Å². The second-order valence-electron chi connectivity index (χ2n) is 9.03. The summed E-state index contributed by atoms with van der Waals surface area (Å²) in [5, 5.41) is 27.3. The summed E-state index contributed by atoms with van der Waals surface area (Å²) in [5.41, 5.74) is 0.306. The second-order valence-corrected chi connectivity index (χ2v) is 10.9. The van der Waals surface area contributed by atoms with Crippen LogP contribution in [0.1, 0.15) is 57.4 Å². The van der Waals surface area contributed by atoms with Crippen LogP contribution >= 0.6 is 0 Å². The number of hydrogen-bond donors (Lipinski definition) is 4. The highest BCUT2D eigenvalue weighted by molar-refractivity contribution is 7.93. The van der Waals surface area contributed by atoms with Crippen molar-refractivity contribution >= 4 is 21.7 Å². The van der Waals surface area contributed by atoms with Gasteiger partial charge >= 0.3 is 5.97 Å². The quantitative estimate of drug-likeness (QED) is 0.311. The van der Waals surface area contributed by atoms with Crippen LogP contribution in [0.2, 0.25) is 0 Å². The molecule has 35 heavy (non-hydrogen) atoms. The van der Waals surface area contributed by atoms with Crippen molar-refractivity contribution in [3.8, 4) is 0 Å². The van der Waals surface area contributed by atoms with Crippen LogP contribution in [0.3, 0.4) is 0 Å². The second kappa shape index (κ2) is 11.8. The van der Waals surface area contributed by atoms with E-state index in [0.717, 1.165) is 44.2 Å². The van der Waals surface area contributed by atoms with E-state index in [-0.39, 0.29) is 18.5 Å².